The highest BCUT2D eigenvalue weighted by Crippen LogP contribution is 2.07. The second-order valence-corrected chi connectivity index (χ2v) is 2.48. The first-order valence-corrected chi connectivity index (χ1v) is 4.32. The van der Waals surface area contributed by atoms with Crippen LogP contribution in [0.1, 0.15) is 26.7 Å². The number of aliphatic hydroxyl groups excluding tert-OH is 1. The minimum absolute atomic E-state index is 0.299. The lowest BCUT2D eigenvalue weighted by Gasteiger charge is -2.05. The molecule has 1 aliphatic rings. The van der Waals surface area contributed by atoms with Crippen LogP contribution in [0.5, 0.6) is 0 Å². The summed E-state index contributed by atoms with van der Waals surface area (Å²) in [6, 6.07) is 0. The normalized spacial score (nSPS) is 31.6. The van der Waals surface area contributed by atoms with Gasteiger partial charge in [0.05, 0.1) is 6.10 Å². The number of nitrogens with one attached hydrogen (secondary N) is 1. The van der Waals surface area contributed by atoms with Gasteiger partial charge in [-0.1, -0.05) is 13.8 Å². The summed E-state index contributed by atoms with van der Waals surface area (Å²) in [4.78, 5) is 0. The van der Waals surface area contributed by atoms with Crippen LogP contribution in [0, 0.1) is 0 Å². The first-order chi connectivity index (χ1) is 5.29. The van der Waals surface area contributed by atoms with E-state index in [-0.39, 0.29) is 0 Å². The third-order valence-electron chi connectivity index (χ3n) is 1.55. The molecule has 2 N–H and O–H groups in total. The minimum atomic E-state index is -0.859. The molecular weight excluding hydrogens is 145 g/mol. The van der Waals surface area contributed by atoms with Crippen molar-refractivity contribution in [1.82, 2.24) is 5.32 Å². The van der Waals surface area contributed by atoms with E-state index in [0.29, 0.717) is 19.4 Å². The lowest BCUT2D eigenvalue weighted by atomic mass is 10.1. The Morgan fingerprint density at radius 1 is 1.45 bits per heavy atom. The molecule has 0 saturated carbocycles. The molecule has 2 atom stereocenters. The molecule has 0 aromatic rings. The fourth-order valence-corrected chi connectivity index (χ4v) is 1.02. The van der Waals surface area contributed by atoms with E-state index in [1.807, 2.05) is 13.8 Å². The van der Waals surface area contributed by atoms with Crippen molar-refractivity contribution in [2.75, 3.05) is 13.1 Å². The second kappa shape index (κ2) is 6.55. The number of alkyl halides is 1. The molecule has 1 fully saturated rings. The Bertz CT molecular complexity index is 80.2. The van der Waals surface area contributed by atoms with Crippen molar-refractivity contribution < 1.29 is 9.50 Å². The quantitative estimate of drug-likeness (QED) is 0.560. The molecule has 0 aliphatic carbocycles. The largest absolute Gasteiger partial charge is 0.393 e. The van der Waals surface area contributed by atoms with Gasteiger partial charge in [0.1, 0.15) is 6.17 Å². The third kappa shape index (κ3) is 5.16. The van der Waals surface area contributed by atoms with Gasteiger partial charge in [-0.3, -0.25) is 0 Å². The second-order valence-electron chi connectivity index (χ2n) is 2.48. The van der Waals surface area contributed by atoms with Gasteiger partial charge in [-0.05, 0) is 13.0 Å². The van der Waals surface area contributed by atoms with Crippen LogP contribution in [0.3, 0.4) is 0 Å². The van der Waals surface area contributed by atoms with Crippen LogP contribution >= 0.6 is 0 Å². The number of aliphatic hydroxyl groups is 1. The van der Waals surface area contributed by atoms with E-state index in [2.05, 4.69) is 5.32 Å². The monoisotopic (exact) mass is 163 g/mol. The predicted molar refractivity (Wildman–Crippen MR) is 44.4 cm³/mol. The maximum Gasteiger partial charge on any atom is 0.115 e. The van der Waals surface area contributed by atoms with Gasteiger partial charge in [-0.2, -0.15) is 0 Å². The van der Waals surface area contributed by atoms with Crippen LogP contribution < -0.4 is 5.32 Å². The molecule has 68 valence electrons. The highest BCUT2D eigenvalue weighted by molar-refractivity contribution is 4.71. The van der Waals surface area contributed by atoms with Gasteiger partial charge in [0.15, 0.2) is 0 Å². The minimum Gasteiger partial charge on any atom is -0.393 e. The maximum atomic E-state index is 12.5. The fourth-order valence-electron chi connectivity index (χ4n) is 1.02. The van der Waals surface area contributed by atoms with Crippen molar-refractivity contribution in [2.24, 2.45) is 0 Å². The molecule has 0 amide bonds. The average Bonchev–Trinajstić information content (AvgIpc) is 2.18. The van der Waals surface area contributed by atoms with Crippen LogP contribution in [0.4, 0.5) is 4.39 Å². The standard InChI is InChI=1S/C6H12FNO.C2H6/c7-5-3-6(9)1-2-8-4-5;1-2/h5-6,8-9H,1-4H2;1-2H3. The summed E-state index contributed by atoms with van der Waals surface area (Å²) in [5, 5.41) is 11.9. The summed E-state index contributed by atoms with van der Waals surface area (Å²) in [7, 11) is 0. The fraction of sp³-hybridized carbons (Fsp3) is 1.00. The summed E-state index contributed by atoms with van der Waals surface area (Å²) >= 11 is 0. The zero-order valence-electron chi connectivity index (χ0n) is 7.31. The van der Waals surface area contributed by atoms with Gasteiger partial charge >= 0.3 is 0 Å². The Morgan fingerprint density at radius 2 is 2.09 bits per heavy atom. The van der Waals surface area contributed by atoms with E-state index in [9.17, 15) is 4.39 Å². The molecule has 0 aromatic carbocycles. The van der Waals surface area contributed by atoms with Crippen molar-refractivity contribution >= 4 is 0 Å². The summed E-state index contributed by atoms with van der Waals surface area (Å²) in [5.74, 6) is 0. The van der Waals surface area contributed by atoms with Crippen molar-refractivity contribution in [1.29, 1.82) is 0 Å². The summed E-state index contributed by atoms with van der Waals surface area (Å²) in [6.07, 6.45) is -0.314. The van der Waals surface area contributed by atoms with Crippen LogP contribution in [0.2, 0.25) is 0 Å². The topological polar surface area (TPSA) is 32.3 Å². The lowest BCUT2D eigenvalue weighted by Crippen LogP contribution is -2.21. The van der Waals surface area contributed by atoms with E-state index in [4.69, 9.17) is 5.11 Å². The molecule has 2 nitrogen and oxygen atoms in total. The van der Waals surface area contributed by atoms with Gasteiger partial charge in [0, 0.05) is 13.0 Å². The number of rotatable bonds is 0. The van der Waals surface area contributed by atoms with Gasteiger partial charge < -0.3 is 10.4 Å². The van der Waals surface area contributed by atoms with Gasteiger partial charge in [0.25, 0.3) is 0 Å². The molecule has 2 unspecified atom stereocenters. The van der Waals surface area contributed by atoms with Gasteiger partial charge in [0.2, 0.25) is 0 Å². The SMILES string of the molecule is CC.OC1CCNCC(F)C1. The van der Waals surface area contributed by atoms with Crippen molar-refractivity contribution in [3.63, 3.8) is 0 Å². The van der Waals surface area contributed by atoms with Crippen molar-refractivity contribution in [3.05, 3.63) is 0 Å². The molecule has 0 spiro atoms. The molecule has 3 heteroatoms. The molecule has 0 bridgehead atoms. The van der Waals surface area contributed by atoms with Crippen LogP contribution in [0.25, 0.3) is 0 Å². The maximum absolute atomic E-state index is 12.5. The molecule has 11 heavy (non-hydrogen) atoms. The Labute approximate surface area is 67.8 Å². The molecular formula is C8H18FNO. The molecule has 1 rings (SSSR count). The van der Waals surface area contributed by atoms with E-state index in [1.54, 1.807) is 0 Å². The summed E-state index contributed by atoms with van der Waals surface area (Å²) < 4.78 is 12.5. The Hall–Kier alpha value is -0.150. The predicted octanol–water partition coefficient (Wildman–Crippen LogP) is 1.10. The van der Waals surface area contributed by atoms with Crippen molar-refractivity contribution in [2.45, 2.75) is 39.0 Å². The number of halogens is 1. The van der Waals surface area contributed by atoms with Crippen molar-refractivity contribution in [3.8, 4) is 0 Å². The highest BCUT2D eigenvalue weighted by Gasteiger charge is 2.16. The van der Waals surface area contributed by atoms with E-state index >= 15 is 0 Å². The smallest absolute Gasteiger partial charge is 0.115 e. The Balaban J connectivity index is 0.000000461. The van der Waals surface area contributed by atoms with E-state index < -0.39 is 12.3 Å². The first kappa shape index (κ1) is 10.8. The number of hydrogen-bond acceptors (Lipinski definition) is 2. The zero-order valence-corrected chi connectivity index (χ0v) is 7.31. The zero-order chi connectivity index (χ0) is 8.69. The molecule has 1 saturated heterocycles. The molecule has 0 aromatic heterocycles. The lowest BCUT2D eigenvalue weighted by molar-refractivity contribution is 0.133. The van der Waals surface area contributed by atoms with E-state index in [1.165, 1.54) is 0 Å². The molecule has 1 aliphatic heterocycles. The highest BCUT2D eigenvalue weighted by atomic mass is 19.1. The Kier molecular flexibility index (Phi) is 6.46. The van der Waals surface area contributed by atoms with Crippen LogP contribution in [0.15, 0.2) is 0 Å². The average molecular weight is 163 g/mol. The van der Waals surface area contributed by atoms with E-state index in [0.717, 1.165) is 6.54 Å². The van der Waals surface area contributed by atoms with Crippen LogP contribution in [-0.2, 0) is 0 Å². The Morgan fingerprint density at radius 3 is 2.73 bits per heavy atom. The summed E-state index contributed by atoms with van der Waals surface area (Å²) in [5.41, 5.74) is 0. The summed E-state index contributed by atoms with van der Waals surface area (Å²) in [6.45, 7) is 5.14. The molecule has 0 radical (unpaired) electrons. The first-order valence-electron chi connectivity index (χ1n) is 4.32. The van der Waals surface area contributed by atoms with Gasteiger partial charge in [-0.15, -0.1) is 0 Å². The van der Waals surface area contributed by atoms with Crippen LogP contribution in [-0.4, -0.2) is 30.5 Å². The molecule has 1 heterocycles. The number of hydrogen-bond donors (Lipinski definition) is 2. The third-order valence-corrected chi connectivity index (χ3v) is 1.55. The van der Waals surface area contributed by atoms with Gasteiger partial charge in [-0.25, -0.2) is 4.39 Å².